The molecular formula is C21H15ClF4N6O4S. The molecule has 10 nitrogen and oxygen atoms in total. The highest BCUT2D eigenvalue weighted by atomic mass is 35.5. The number of halogens is 5. The lowest BCUT2D eigenvalue weighted by atomic mass is 10.3. The Labute approximate surface area is 211 Å². The molecule has 3 heterocycles. The van der Waals surface area contributed by atoms with Crippen LogP contribution >= 0.6 is 11.6 Å². The van der Waals surface area contributed by atoms with Gasteiger partial charge in [0.1, 0.15) is 17.1 Å². The summed E-state index contributed by atoms with van der Waals surface area (Å²) in [5.41, 5.74) is -1.30. The number of sulfonamides is 1. The summed E-state index contributed by atoms with van der Waals surface area (Å²) in [7, 11) is -4.00. The molecule has 0 fully saturated rings. The molecule has 0 aliphatic carbocycles. The summed E-state index contributed by atoms with van der Waals surface area (Å²) in [4.78, 5) is 12.4. The molecule has 16 heteroatoms. The standard InChI is InChI=1S/C21H15ClF4N6O4S/c22-17-7-8-18(29-28-17)31-37(34,35)13-4-1-11(2-5-13)27-21(33)16-6-3-12(36-16)10-32-15(20(25)26)9-14(30-32)19(23)24/h1-9,19-20H,10H2,(H,27,33)(H,29,31). The highest BCUT2D eigenvalue weighted by molar-refractivity contribution is 7.92. The predicted octanol–water partition coefficient (Wildman–Crippen LogP) is 4.90. The Morgan fingerprint density at radius 1 is 1.00 bits per heavy atom. The van der Waals surface area contributed by atoms with Crippen LogP contribution in [0.15, 0.2) is 63.9 Å². The van der Waals surface area contributed by atoms with Crippen LogP contribution in [0.2, 0.25) is 5.15 Å². The minimum Gasteiger partial charge on any atom is -0.454 e. The first-order valence-electron chi connectivity index (χ1n) is 10.2. The number of anilines is 2. The lowest BCUT2D eigenvalue weighted by Crippen LogP contribution is -2.15. The molecule has 0 aliphatic rings. The van der Waals surface area contributed by atoms with E-state index in [4.69, 9.17) is 16.0 Å². The molecule has 4 aromatic rings. The zero-order chi connectivity index (χ0) is 26.7. The highest BCUT2D eigenvalue weighted by Gasteiger charge is 2.22. The third-order valence-electron chi connectivity index (χ3n) is 4.76. The van der Waals surface area contributed by atoms with Gasteiger partial charge in [0.05, 0.1) is 11.4 Å². The van der Waals surface area contributed by atoms with Crippen LogP contribution in [-0.2, 0) is 16.6 Å². The maximum absolute atomic E-state index is 13.2. The van der Waals surface area contributed by atoms with Crippen molar-refractivity contribution in [3.8, 4) is 0 Å². The van der Waals surface area contributed by atoms with Crippen molar-refractivity contribution in [3.05, 3.63) is 82.7 Å². The molecule has 0 saturated heterocycles. The van der Waals surface area contributed by atoms with Gasteiger partial charge in [-0.15, -0.1) is 10.2 Å². The van der Waals surface area contributed by atoms with Crippen LogP contribution in [0.4, 0.5) is 29.1 Å². The monoisotopic (exact) mass is 558 g/mol. The summed E-state index contributed by atoms with van der Waals surface area (Å²) in [5.74, 6) is -0.945. The summed E-state index contributed by atoms with van der Waals surface area (Å²) in [6, 6.07) is 11.0. The van der Waals surface area contributed by atoms with Crippen molar-refractivity contribution in [3.63, 3.8) is 0 Å². The largest absolute Gasteiger partial charge is 0.454 e. The molecule has 2 N–H and O–H groups in total. The molecule has 0 spiro atoms. The number of carbonyl (C=O) groups excluding carboxylic acids is 1. The minimum absolute atomic E-state index is 0.0220. The molecule has 1 amide bonds. The van der Waals surface area contributed by atoms with E-state index in [1.165, 1.54) is 48.5 Å². The van der Waals surface area contributed by atoms with E-state index in [1.807, 2.05) is 0 Å². The van der Waals surface area contributed by atoms with Crippen molar-refractivity contribution < 1.29 is 35.2 Å². The Balaban J connectivity index is 1.42. The molecular weight excluding hydrogens is 544 g/mol. The fourth-order valence-electron chi connectivity index (χ4n) is 3.07. The lowest BCUT2D eigenvalue weighted by Gasteiger charge is -2.08. The summed E-state index contributed by atoms with van der Waals surface area (Å²) in [6.07, 6.45) is -6.07. The quantitative estimate of drug-likeness (QED) is 0.279. The number of amides is 1. The number of alkyl halides is 4. The molecule has 194 valence electrons. The van der Waals surface area contributed by atoms with Crippen LogP contribution < -0.4 is 10.0 Å². The van der Waals surface area contributed by atoms with E-state index in [0.717, 1.165) is 0 Å². The number of carbonyl (C=O) groups is 1. The molecule has 1 aromatic carbocycles. The Morgan fingerprint density at radius 2 is 1.73 bits per heavy atom. The van der Waals surface area contributed by atoms with Crippen LogP contribution in [0, 0.1) is 0 Å². The number of furan rings is 1. The van der Waals surface area contributed by atoms with Crippen molar-refractivity contribution >= 4 is 39.0 Å². The summed E-state index contributed by atoms with van der Waals surface area (Å²) in [6.45, 7) is -0.406. The minimum atomic E-state index is -4.00. The van der Waals surface area contributed by atoms with Gasteiger partial charge in [0.15, 0.2) is 16.7 Å². The van der Waals surface area contributed by atoms with Crippen LogP contribution in [0.1, 0.15) is 40.6 Å². The van der Waals surface area contributed by atoms with Gasteiger partial charge in [-0.1, -0.05) is 11.6 Å². The van der Waals surface area contributed by atoms with E-state index in [-0.39, 0.29) is 33.1 Å². The lowest BCUT2D eigenvalue weighted by molar-refractivity contribution is 0.0994. The van der Waals surface area contributed by atoms with E-state index in [0.29, 0.717) is 10.7 Å². The average Bonchev–Trinajstić information content (AvgIpc) is 3.49. The van der Waals surface area contributed by atoms with Gasteiger partial charge in [0.25, 0.3) is 28.8 Å². The van der Waals surface area contributed by atoms with E-state index in [9.17, 15) is 30.8 Å². The van der Waals surface area contributed by atoms with Crippen molar-refractivity contribution in [1.29, 1.82) is 0 Å². The SMILES string of the molecule is O=C(Nc1ccc(S(=O)(=O)Nc2ccc(Cl)nn2)cc1)c1ccc(Cn2nc(C(F)F)cc2C(F)F)o1. The van der Waals surface area contributed by atoms with Crippen LogP contribution in [0.3, 0.4) is 0 Å². The summed E-state index contributed by atoms with van der Waals surface area (Å²) < 4.78 is 85.2. The van der Waals surface area contributed by atoms with Crippen molar-refractivity contribution in [1.82, 2.24) is 20.0 Å². The Bertz CT molecular complexity index is 1510. The zero-order valence-electron chi connectivity index (χ0n) is 18.3. The van der Waals surface area contributed by atoms with Gasteiger partial charge in [0, 0.05) is 5.69 Å². The van der Waals surface area contributed by atoms with E-state index < -0.39 is 46.7 Å². The van der Waals surface area contributed by atoms with E-state index in [2.05, 4.69) is 25.3 Å². The summed E-state index contributed by atoms with van der Waals surface area (Å²) >= 11 is 5.62. The number of hydrogen-bond donors (Lipinski definition) is 2. The second-order valence-electron chi connectivity index (χ2n) is 7.34. The van der Waals surface area contributed by atoms with Crippen LogP contribution in [0.25, 0.3) is 0 Å². The second kappa shape index (κ2) is 10.6. The summed E-state index contributed by atoms with van der Waals surface area (Å²) in [5, 5.41) is 13.2. The maximum Gasteiger partial charge on any atom is 0.291 e. The van der Waals surface area contributed by atoms with Gasteiger partial charge in [-0.3, -0.25) is 14.2 Å². The smallest absolute Gasteiger partial charge is 0.291 e. The molecule has 0 unspecified atom stereocenters. The Kier molecular flexibility index (Phi) is 7.45. The number of nitrogens with zero attached hydrogens (tertiary/aromatic N) is 4. The third-order valence-corrected chi connectivity index (χ3v) is 6.33. The fourth-order valence-corrected chi connectivity index (χ4v) is 4.17. The van der Waals surface area contributed by atoms with Gasteiger partial charge < -0.3 is 9.73 Å². The first-order chi connectivity index (χ1) is 17.5. The topological polar surface area (TPSA) is 132 Å². The molecule has 0 radical (unpaired) electrons. The van der Waals surface area contributed by atoms with Crippen LogP contribution in [0.5, 0.6) is 0 Å². The number of nitrogens with one attached hydrogen (secondary N) is 2. The van der Waals surface area contributed by atoms with Gasteiger partial charge in [-0.2, -0.15) is 5.10 Å². The van der Waals surface area contributed by atoms with Gasteiger partial charge in [-0.05, 0) is 54.6 Å². The fraction of sp³-hybridized carbons (Fsp3) is 0.143. The molecule has 0 saturated carbocycles. The first-order valence-corrected chi connectivity index (χ1v) is 12.0. The Morgan fingerprint density at radius 3 is 2.35 bits per heavy atom. The predicted molar refractivity (Wildman–Crippen MR) is 122 cm³/mol. The molecule has 0 atom stereocenters. The first kappa shape index (κ1) is 26.1. The van der Waals surface area contributed by atoms with Gasteiger partial charge >= 0.3 is 0 Å². The third kappa shape index (κ3) is 6.24. The maximum atomic E-state index is 13.2. The number of hydrogen-bond acceptors (Lipinski definition) is 7. The van der Waals surface area contributed by atoms with Crippen molar-refractivity contribution in [2.45, 2.75) is 24.3 Å². The van der Waals surface area contributed by atoms with Crippen molar-refractivity contribution in [2.24, 2.45) is 0 Å². The van der Waals surface area contributed by atoms with Gasteiger partial charge in [0.2, 0.25) is 0 Å². The zero-order valence-corrected chi connectivity index (χ0v) is 19.9. The Hall–Kier alpha value is -3.98. The normalized spacial score (nSPS) is 11.8. The molecule has 3 aromatic heterocycles. The van der Waals surface area contributed by atoms with Crippen LogP contribution in [-0.4, -0.2) is 34.3 Å². The van der Waals surface area contributed by atoms with E-state index >= 15 is 0 Å². The molecule has 0 aliphatic heterocycles. The van der Waals surface area contributed by atoms with Crippen molar-refractivity contribution in [2.75, 3.05) is 10.0 Å². The molecule has 37 heavy (non-hydrogen) atoms. The second-order valence-corrected chi connectivity index (χ2v) is 9.41. The van der Waals surface area contributed by atoms with E-state index in [1.54, 1.807) is 0 Å². The average molecular weight is 559 g/mol. The number of aromatic nitrogens is 4. The molecule has 4 rings (SSSR count). The molecule has 0 bridgehead atoms. The number of rotatable bonds is 9. The van der Waals surface area contributed by atoms with Gasteiger partial charge in [-0.25, -0.2) is 26.0 Å². The number of benzene rings is 1. The highest BCUT2D eigenvalue weighted by Crippen LogP contribution is 2.26.